The molecular weight excluding hydrogens is 343 g/mol. The van der Waals surface area contributed by atoms with Crippen molar-refractivity contribution in [3.8, 4) is 5.75 Å². The molecule has 0 radical (unpaired) electrons. The van der Waals surface area contributed by atoms with Gasteiger partial charge in [0.2, 0.25) is 0 Å². The summed E-state index contributed by atoms with van der Waals surface area (Å²) in [4.78, 5) is 30.3. The highest BCUT2D eigenvalue weighted by atomic mass is 19.1. The van der Waals surface area contributed by atoms with E-state index in [1.54, 1.807) is 17.0 Å². The Morgan fingerprint density at radius 1 is 1.23 bits per heavy atom. The summed E-state index contributed by atoms with van der Waals surface area (Å²) in [5.41, 5.74) is -0.0646. The van der Waals surface area contributed by atoms with E-state index in [1.165, 1.54) is 31.5 Å². The van der Waals surface area contributed by atoms with Gasteiger partial charge < -0.3 is 14.5 Å². The van der Waals surface area contributed by atoms with E-state index in [9.17, 15) is 19.3 Å². The van der Waals surface area contributed by atoms with Crippen LogP contribution in [0.4, 0.5) is 15.9 Å². The summed E-state index contributed by atoms with van der Waals surface area (Å²) >= 11 is 0. The minimum Gasteiger partial charge on any atom is -0.497 e. The molecule has 9 heteroatoms. The summed E-state index contributed by atoms with van der Waals surface area (Å²) in [5.74, 6) is -0.0262. The first-order chi connectivity index (χ1) is 12.5. The molecule has 2 aromatic rings. The van der Waals surface area contributed by atoms with Gasteiger partial charge in [0.1, 0.15) is 23.6 Å². The monoisotopic (exact) mass is 360 g/mol. The predicted octanol–water partition coefficient (Wildman–Crippen LogP) is 2.10. The zero-order chi connectivity index (χ0) is 18.7. The fourth-order valence-electron chi connectivity index (χ4n) is 2.78. The predicted molar refractivity (Wildman–Crippen MR) is 92.0 cm³/mol. The van der Waals surface area contributed by atoms with Crippen LogP contribution >= 0.6 is 0 Å². The summed E-state index contributed by atoms with van der Waals surface area (Å²) < 4.78 is 19.0. The Labute approximate surface area is 149 Å². The van der Waals surface area contributed by atoms with Gasteiger partial charge >= 0.3 is 0 Å². The van der Waals surface area contributed by atoms with Crippen molar-refractivity contribution < 1.29 is 18.8 Å². The van der Waals surface area contributed by atoms with Crippen LogP contribution in [0.5, 0.6) is 5.75 Å². The van der Waals surface area contributed by atoms with Crippen molar-refractivity contribution in [1.29, 1.82) is 0 Å². The topological polar surface area (TPSA) is 88.8 Å². The molecule has 1 aromatic carbocycles. The van der Waals surface area contributed by atoms with Gasteiger partial charge in [-0.05, 0) is 18.2 Å². The van der Waals surface area contributed by atoms with Gasteiger partial charge in [-0.1, -0.05) is 0 Å². The highest BCUT2D eigenvalue weighted by molar-refractivity contribution is 5.94. The molecule has 1 fully saturated rings. The van der Waals surface area contributed by atoms with Gasteiger partial charge in [0.25, 0.3) is 11.6 Å². The fourth-order valence-corrected chi connectivity index (χ4v) is 2.78. The number of carbonyl (C=O) groups is 1. The number of aromatic nitrogens is 1. The van der Waals surface area contributed by atoms with E-state index in [4.69, 9.17) is 4.74 Å². The number of piperazine rings is 1. The van der Waals surface area contributed by atoms with Gasteiger partial charge in [0.15, 0.2) is 0 Å². The molecule has 0 spiro atoms. The number of rotatable bonds is 4. The first kappa shape index (κ1) is 17.6. The Hall–Kier alpha value is -3.23. The van der Waals surface area contributed by atoms with Crippen LogP contribution in [0.3, 0.4) is 0 Å². The van der Waals surface area contributed by atoms with Crippen LogP contribution in [0.1, 0.15) is 10.4 Å². The second-order valence-electron chi connectivity index (χ2n) is 5.76. The van der Waals surface area contributed by atoms with E-state index in [0.29, 0.717) is 37.7 Å². The molecule has 0 bridgehead atoms. The van der Waals surface area contributed by atoms with Crippen LogP contribution in [0.15, 0.2) is 36.5 Å². The average molecular weight is 360 g/mol. The standard InChI is InChI=1S/C17H17FN4O4/c1-26-13-3-4-14(15(18)10-13)17(23)21-8-6-20(7-9-21)16-5-2-12(11-19-16)22(24)25/h2-5,10-11H,6-9H2,1H3. The molecule has 1 aliphatic heterocycles. The average Bonchev–Trinajstić information content (AvgIpc) is 2.67. The van der Waals surface area contributed by atoms with Crippen LogP contribution in [-0.2, 0) is 0 Å². The van der Waals surface area contributed by atoms with Crippen molar-refractivity contribution in [1.82, 2.24) is 9.88 Å². The van der Waals surface area contributed by atoms with Crippen LogP contribution in [0.2, 0.25) is 0 Å². The molecule has 26 heavy (non-hydrogen) atoms. The maximum absolute atomic E-state index is 14.1. The molecule has 0 aliphatic carbocycles. The van der Waals surface area contributed by atoms with Gasteiger partial charge in [-0.25, -0.2) is 9.37 Å². The quantitative estimate of drug-likeness (QED) is 0.613. The number of benzene rings is 1. The second-order valence-corrected chi connectivity index (χ2v) is 5.76. The molecule has 3 rings (SSSR count). The molecule has 1 amide bonds. The number of carbonyl (C=O) groups excluding carboxylic acids is 1. The minimum atomic E-state index is -0.617. The van der Waals surface area contributed by atoms with E-state index >= 15 is 0 Å². The van der Waals surface area contributed by atoms with Gasteiger partial charge in [-0.3, -0.25) is 14.9 Å². The number of anilines is 1. The van der Waals surface area contributed by atoms with Gasteiger partial charge in [0.05, 0.1) is 17.6 Å². The smallest absolute Gasteiger partial charge is 0.287 e. The lowest BCUT2D eigenvalue weighted by Gasteiger charge is -2.35. The number of nitro groups is 1. The van der Waals surface area contributed by atoms with Crippen molar-refractivity contribution in [2.75, 3.05) is 38.2 Å². The fraction of sp³-hybridized carbons (Fsp3) is 0.294. The van der Waals surface area contributed by atoms with Crippen molar-refractivity contribution in [2.45, 2.75) is 0 Å². The number of pyridine rings is 1. The number of hydrogen-bond acceptors (Lipinski definition) is 6. The summed E-state index contributed by atoms with van der Waals surface area (Å²) in [6.45, 7) is 1.83. The van der Waals surface area contributed by atoms with E-state index in [-0.39, 0.29) is 17.2 Å². The van der Waals surface area contributed by atoms with Gasteiger partial charge in [-0.15, -0.1) is 0 Å². The second kappa shape index (κ2) is 7.34. The van der Waals surface area contributed by atoms with Crippen LogP contribution < -0.4 is 9.64 Å². The number of amides is 1. The highest BCUT2D eigenvalue weighted by Gasteiger charge is 2.25. The molecule has 8 nitrogen and oxygen atoms in total. The Kier molecular flexibility index (Phi) is 4.97. The lowest BCUT2D eigenvalue weighted by Crippen LogP contribution is -2.49. The molecule has 1 aliphatic rings. The molecule has 0 atom stereocenters. The zero-order valence-electron chi connectivity index (χ0n) is 14.1. The van der Waals surface area contributed by atoms with E-state index in [2.05, 4.69) is 4.98 Å². The van der Waals surface area contributed by atoms with E-state index < -0.39 is 10.7 Å². The normalized spacial score (nSPS) is 14.2. The molecule has 1 aromatic heterocycles. The Morgan fingerprint density at radius 2 is 1.96 bits per heavy atom. The van der Waals surface area contributed by atoms with Crippen molar-refractivity contribution >= 4 is 17.4 Å². The van der Waals surface area contributed by atoms with Crippen LogP contribution in [0, 0.1) is 15.9 Å². The largest absolute Gasteiger partial charge is 0.497 e. The zero-order valence-corrected chi connectivity index (χ0v) is 14.1. The Bertz CT molecular complexity index is 820. The van der Waals surface area contributed by atoms with Crippen molar-refractivity contribution in [2.24, 2.45) is 0 Å². The number of ether oxygens (including phenoxy) is 1. The van der Waals surface area contributed by atoms with Crippen molar-refractivity contribution in [3.63, 3.8) is 0 Å². The summed E-state index contributed by atoms with van der Waals surface area (Å²) in [5, 5.41) is 10.7. The molecular formula is C17H17FN4O4. The molecule has 0 unspecified atom stereocenters. The Morgan fingerprint density at radius 3 is 2.50 bits per heavy atom. The summed E-state index contributed by atoms with van der Waals surface area (Å²) in [6.07, 6.45) is 1.21. The molecule has 1 saturated heterocycles. The van der Waals surface area contributed by atoms with E-state index in [1.807, 2.05) is 4.90 Å². The van der Waals surface area contributed by atoms with E-state index in [0.717, 1.165) is 0 Å². The molecule has 2 heterocycles. The number of nitrogens with zero attached hydrogens (tertiary/aromatic N) is 4. The maximum atomic E-state index is 14.1. The third kappa shape index (κ3) is 3.56. The van der Waals surface area contributed by atoms with Gasteiger partial charge in [0, 0.05) is 38.3 Å². The first-order valence-electron chi connectivity index (χ1n) is 7.98. The Balaban J connectivity index is 1.64. The maximum Gasteiger partial charge on any atom is 0.287 e. The lowest BCUT2D eigenvalue weighted by molar-refractivity contribution is -0.385. The molecule has 0 saturated carbocycles. The van der Waals surface area contributed by atoms with Crippen molar-refractivity contribution in [3.05, 3.63) is 58.0 Å². The van der Waals surface area contributed by atoms with Gasteiger partial charge in [-0.2, -0.15) is 0 Å². The lowest BCUT2D eigenvalue weighted by atomic mass is 10.1. The third-order valence-electron chi connectivity index (χ3n) is 4.24. The number of hydrogen-bond donors (Lipinski definition) is 0. The molecule has 136 valence electrons. The van der Waals surface area contributed by atoms with Crippen LogP contribution in [0.25, 0.3) is 0 Å². The number of halogens is 1. The molecule has 0 N–H and O–H groups in total. The third-order valence-corrected chi connectivity index (χ3v) is 4.24. The summed E-state index contributed by atoms with van der Waals surface area (Å²) in [7, 11) is 1.43. The number of methoxy groups -OCH3 is 1. The minimum absolute atomic E-state index is 0.00714. The SMILES string of the molecule is COc1ccc(C(=O)N2CCN(c3ccc([N+](=O)[O-])cn3)CC2)c(F)c1. The first-order valence-corrected chi connectivity index (χ1v) is 7.98. The summed E-state index contributed by atoms with van der Waals surface area (Å²) in [6, 6.07) is 7.13. The highest BCUT2D eigenvalue weighted by Crippen LogP contribution is 2.20. The van der Waals surface area contributed by atoms with Crippen LogP contribution in [-0.4, -0.2) is 54.0 Å².